The fourth-order valence-electron chi connectivity index (χ4n) is 3.91. The second kappa shape index (κ2) is 5.15. The number of hydrogen-bond donors (Lipinski definition) is 0. The third kappa shape index (κ3) is 2.13. The summed E-state index contributed by atoms with van der Waals surface area (Å²) < 4.78 is 15.1. The van der Waals surface area contributed by atoms with Gasteiger partial charge in [-0.15, -0.1) is 0 Å². The predicted octanol–water partition coefficient (Wildman–Crippen LogP) is 4.04. The maximum atomic E-state index is 13.2. The van der Waals surface area contributed by atoms with Gasteiger partial charge in [-0.1, -0.05) is 42.5 Å². The van der Waals surface area contributed by atoms with Gasteiger partial charge in [0.15, 0.2) is 5.69 Å². The minimum atomic E-state index is -0.221. The standard InChI is InChI=1S/C21H14FN3/c22-15-8-6-14(7-9-15)19-17-10-16-18(11-23)24-25(21(16)20(17)19)12-13-4-2-1-3-5-13/h1-9,17H,10,12H2. The summed E-state index contributed by atoms with van der Waals surface area (Å²) in [5.74, 6) is 0.134. The Bertz CT molecular complexity index is 1050. The first-order chi connectivity index (χ1) is 12.3. The molecule has 0 amide bonds. The van der Waals surface area contributed by atoms with Gasteiger partial charge in [0.25, 0.3) is 0 Å². The number of rotatable bonds is 3. The molecule has 3 aromatic rings. The Morgan fingerprint density at radius 2 is 1.84 bits per heavy atom. The normalized spacial score (nSPS) is 17.2. The van der Waals surface area contributed by atoms with E-state index in [1.165, 1.54) is 23.3 Å². The van der Waals surface area contributed by atoms with E-state index in [0.717, 1.165) is 28.8 Å². The molecular formula is C21H14FN3. The summed E-state index contributed by atoms with van der Waals surface area (Å²) >= 11 is 0. The maximum Gasteiger partial charge on any atom is 0.166 e. The van der Waals surface area contributed by atoms with Gasteiger partial charge in [0, 0.05) is 11.5 Å². The van der Waals surface area contributed by atoms with Crippen LogP contribution in [0.3, 0.4) is 0 Å². The van der Waals surface area contributed by atoms with Crippen LogP contribution < -0.4 is 0 Å². The molecule has 0 N–H and O–H groups in total. The van der Waals surface area contributed by atoms with Crippen LogP contribution in [0.5, 0.6) is 0 Å². The predicted molar refractivity (Wildman–Crippen MR) is 92.9 cm³/mol. The molecule has 0 saturated carbocycles. The zero-order valence-corrected chi connectivity index (χ0v) is 13.4. The molecule has 120 valence electrons. The molecule has 0 aliphatic heterocycles. The lowest BCUT2D eigenvalue weighted by Gasteiger charge is -2.05. The summed E-state index contributed by atoms with van der Waals surface area (Å²) in [5, 5.41) is 13.9. The highest BCUT2D eigenvalue weighted by atomic mass is 19.1. The molecule has 0 radical (unpaired) electrons. The summed E-state index contributed by atoms with van der Waals surface area (Å²) in [5.41, 5.74) is 7.44. The molecule has 5 rings (SSSR count). The number of aromatic nitrogens is 2. The molecule has 1 unspecified atom stereocenters. The molecule has 1 heterocycles. The summed E-state index contributed by atoms with van der Waals surface area (Å²) in [7, 11) is 0. The van der Waals surface area contributed by atoms with Crippen molar-refractivity contribution >= 4 is 11.1 Å². The number of nitrogens with zero attached hydrogens (tertiary/aromatic N) is 3. The van der Waals surface area contributed by atoms with Crippen molar-refractivity contribution in [3.63, 3.8) is 0 Å². The van der Waals surface area contributed by atoms with E-state index in [1.807, 2.05) is 35.0 Å². The molecule has 0 bridgehead atoms. The summed E-state index contributed by atoms with van der Waals surface area (Å²) in [4.78, 5) is 0. The van der Waals surface area contributed by atoms with Gasteiger partial charge in [0.1, 0.15) is 11.9 Å². The molecule has 4 heteroatoms. The summed E-state index contributed by atoms with van der Waals surface area (Å²) in [6.07, 6.45) is 0.828. The van der Waals surface area contributed by atoms with E-state index < -0.39 is 0 Å². The lowest BCUT2D eigenvalue weighted by molar-refractivity contribution is 0.627. The molecule has 2 aromatic carbocycles. The van der Waals surface area contributed by atoms with Gasteiger partial charge in [-0.25, -0.2) is 4.39 Å². The van der Waals surface area contributed by atoms with Crippen LogP contribution >= 0.6 is 0 Å². The van der Waals surface area contributed by atoms with E-state index in [9.17, 15) is 9.65 Å². The number of benzene rings is 2. The summed E-state index contributed by atoms with van der Waals surface area (Å²) in [6, 6.07) is 19.0. The second-order valence-electron chi connectivity index (χ2n) is 6.52. The highest BCUT2D eigenvalue weighted by Gasteiger charge is 2.48. The fraction of sp³-hybridized carbons (Fsp3) is 0.143. The first kappa shape index (κ1) is 14.2. The van der Waals surface area contributed by atoms with Gasteiger partial charge in [-0.2, -0.15) is 10.4 Å². The lowest BCUT2D eigenvalue weighted by Crippen LogP contribution is -2.04. The van der Waals surface area contributed by atoms with Crippen molar-refractivity contribution in [2.45, 2.75) is 13.0 Å². The van der Waals surface area contributed by atoms with Gasteiger partial charge in [-0.05, 0) is 40.8 Å². The van der Waals surface area contributed by atoms with Crippen molar-refractivity contribution < 1.29 is 4.39 Å². The first-order valence-corrected chi connectivity index (χ1v) is 8.30. The number of hydrogen-bond acceptors (Lipinski definition) is 2. The minimum absolute atomic E-state index is 0.221. The van der Waals surface area contributed by atoms with Crippen molar-refractivity contribution in [2.24, 2.45) is 5.92 Å². The smallest absolute Gasteiger partial charge is 0.166 e. The average molecular weight is 327 g/mol. The molecule has 2 aliphatic rings. The summed E-state index contributed by atoms with van der Waals surface area (Å²) in [6.45, 7) is 0.651. The third-order valence-corrected chi connectivity index (χ3v) is 5.05. The Kier molecular flexibility index (Phi) is 2.92. The molecule has 0 fully saturated rings. The Hall–Kier alpha value is -3.19. The molecule has 0 saturated heterocycles. The van der Waals surface area contributed by atoms with Crippen LogP contribution in [0.4, 0.5) is 4.39 Å². The van der Waals surface area contributed by atoms with E-state index in [2.05, 4.69) is 23.3 Å². The first-order valence-electron chi connectivity index (χ1n) is 8.30. The molecule has 1 aromatic heterocycles. The molecular weight excluding hydrogens is 313 g/mol. The topological polar surface area (TPSA) is 41.6 Å². The third-order valence-electron chi connectivity index (χ3n) is 5.05. The van der Waals surface area contributed by atoms with Crippen LogP contribution in [0.15, 0.2) is 54.6 Å². The SMILES string of the molecule is N#Cc1nn(Cc2ccccc2)c2c1CC1C(c3ccc(F)cc3)=C21. The Morgan fingerprint density at radius 3 is 2.56 bits per heavy atom. The van der Waals surface area contributed by atoms with Crippen LogP contribution in [-0.2, 0) is 13.0 Å². The van der Waals surface area contributed by atoms with E-state index in [-0.39, 0.29) is 5.82 Å². The number of allylic oxidation sites excluding steroid dienone is 2. The number of halogens is 1. The van der Waals surface area contributed by atoms with Gasteiger partial charge in [0.2, 0.25) is 0 Å². The van der Waals surface area contributed by atoms with Crippen molar-refractivity contribution in [1.82, 2.24) is 9.78 Å². The van der Waals surface area contributed by atoms with Crippen LogP contribution in [0.1, 0.15) is 28.1 Å². The van der Waals surface area contributed by atoms with Crippen molar-refractivity contribution in [3.05, 3.63) is 88.5 Å². The second-order valence-corrected chi connectivity index (χ2v) is 6.52. The number of nitriles is 1. The largest absolute Gasteiger partial charge is 0.259 e. The average Bonchev–Trinajstić information content (AvgIpc) is 3.03. The minimum Gasteiger partial charge on any atom is -0.259 e. The van der Waals surface area contributed by atoms with Gasteiger partial charge in [-0.3, -0.25) is 4.68 Å². The van der Waals surface area contributed by atoms with E-state index in [4.69, 9.17) is 0 Å². The van der Waals surface area contributed by atoms with E-state index in [1.54, 1.807) is 0 Å². The quantitative estimate of drug-likeness (QED) is 0.728. The molecule has 0 spiro atoms. The van der Waals surface area contributed by atoms with Gasteiger partial charge in [0.05, 0.1) is 12.2 Å². The monoisotopic (exact) mass is 327 g/mol. The van der Waals surface area contributed by atoms with Gasteiger partial charge < -0.3 is 0 Å². The maximum absolute atomic E-state index is 13.2. The molecule has 3 nitrogen and oxygen atoms in total. The zero-order chi connectivity index (χ0) is 17.0. The van der Waals surface area contributed by atoms with Crippen LogP contribution in [0.25, 0.3) is 11.1 Å². The number of fused-ring (bicyclic) bond motifs is 3. The zero-order valence-electron chi connectivity index (χ0n) is 13.4. The van der Waals surface area contributed by atoms with Crippen LogP contribution in [-0.4, -0.2) is 9.78 Å². The van der Waals surface area contributed by atoms with Crippen LogP contribution in [0, 0.1) is 23.1 Å². The Labute approximate surface area is 144 Å². The Balaban J connectivity index is 1.59. The molecule has 1 atom stereocenters. The van der Waals surface area contributed by atoms with Crippen molar-refractivity contribution in [3.8, 4) is 6.07 Å². The highest BCUT2D eigenvalue weighted by Crippen LogP contribution is 2.60. The molecule has 2 aliphatic carbocycles. The van der Waals surface area contributed by atoms with E-state index >= 15 is 0 Å². The lowest BCUT2D eigenvalue weighted by atomic mass is 10.0. The fourth-order valence-corrected chi connectivity index (χ4v) is 3.91. The van der Waals surface area contributed by atoms with Gasteiger partial charge >= 0.3 is 0 Å². The highest BCUT2D eigenvalue weighted by molar-refractivity contribution is 6.13. The van der Waals surface area contributed by atoms with Crippen LogP contribution in [0.2, 0.25) is 0 Å². The molecule has 25 heavy (non-hydrogen) atoms. The van der Waals surface area contributed by atoms with E-state index in [0.29, 0.717) is 18.2 Å². The van der Waals surface area contributed by atoms with Crippen molar-refractivity contribution in [1.29, 1.82) is 5.26 Å². The van der Waals surface area contributed by atoms with Crippen molar-refractivity contribution in [2.75, 3.05) is 0 Å². The Morgan fingerprint density at radius 1 is 1.08 bits per heavy atom.